The monoisotopic (exact) mass is 490 g/mol. The van der Waals surface area contributed by atoms with Crippen molar-refractivity contribution in [2.24, 2.45) is 0 Å². The number of halogens is 1. The Morgan fingerprint density at radius 3 is 2.00 bits per heavy atom. The molecule has 8 nitrogen and oxygen atoms in total. The fourth-order valence-electron chi connectivity index (χ4n) is 2.36. The van der Waals surface area contributed by atoms with Crippen molar-refractivity contribution in [1.29, 1.82) is 0 Å². The van der Waals surface area contributed by atoms with Gasteiger partial charge in [-0.2, -0.15) is 0 Å². The molecule has 0 bridgehead atoms. The lowest BCUT2D eigenvalue weighted by atomic mass is 10.2. The lowest BCUT2D eigenvalue weighted by molar-refractivity contribution is -0.147. The van der Waals surface area contributed by atoms with E-state index in [1.165, 1.54) is 12.1 Å². The zero-order valence-corrected chi connectivity index (χ0v) is 18.6. The van der Waals surface area contributed by atoms with Crippen molar-refractivity contribution in [1.82, 2.24) is 0 Å². The van der Waals surface area contributed by atoms with Crippen LogP contribution in [0.5, 0.6) is 0 Å². The number of carbonyl (C=O) groups is 4. The molecule has 0 spiro atoms. The molecule has 9 heteroatoms. The highest BCUT2D eigenvalue weighted by Crippen LogP contribution is 2.14. The van der Waals surface area contributed by atoms with E-state index < -0.39 is 24.5 Å². The van der Waals surface area contributed by atoms with Crippen LogP contribution in [-0.4, -0.2) is 37.0 Å². The first-order chi connectivity index (χ1) is 14.9. The molecule has 31 heavy (non-hydrogen) atoms. The molecular formula is C22H23BrN2O6. The van der Waals surface area contributed by atoms with E-state index in [0.717, 1.165) is 10.9 Å². The Bertz CT molecular complexity index is 913. The van der Waals surface area contributed by atoms with Gasteiger partial charge in [-0.25, -0.2) is 4.79 Å². The molecule has 0 saturated heterocycles. The predicted molar refractivity (Wildman–Crippen MR) is 119 cm³/mol. The fraction of sp³-hybridized carbons (Fsp3) is 0.273. The van der Waals surface area contributed by atoms with Crippen LogP contribution in [0, 0.1) is 0 Å². The molecule has 164 valence electrons. The van der Waals surface area contributed by atoms with Gasteiger partial charge in [0.2, 0.25) is 5.91 Å². The molecule has 0 atom stereocenters. The van der Waals surface area contributed by atoms with E-state index in [1.54, 1.807) is 36.4 Å². The molecule has 0 aliphatic carbocycles. The maximum atomic E-state index is 11.9. The molecule has 2 aromatic rings. The molecule has 0 unspecified atom stereocenters. The summed E-state index contributed by atoms with van der Waals surface area (Å²) in [5.74, 6) is -1.96. The van der Waals surface area contributed by atoms with E-state index in [9.17, 15) is 19.2 Å². The number of carbonyl (C=O) groups excluding carboxylic acids is 4. The highest BCUT2D eigenvalue weighted by molar-refractivity contribution is 9.10. The number of ether oxygens (including phenoxy) is 2. The van der Waals surface area contributed by atoms with Crippen LogP contribution in [0.4, 0.5) is 11.4 Å². The SMILES string of the molecule is CCCOC(=O)c1ccc(NC(=O)COC(=O)CCC(=O)Nc2ccc(Br)cc2)cc1. The predicted octanol–water partition coefficient (Wildman–Crippen LogP) is 3.92. The second-order valence-corrected chi connectivity index (χ2v) is 7.39. The molecule has 0 saturated carbocycles. The number of nitrogens with one attached hydrogen (secondary N) is 2. The van der Waals surface area contributed by atoms with Gasteiger partial charge in [0, 0.05) is 22.3 Å². The van der Waals surface area contributed by atoms with Crippen LogP contribution >= 0.6 is 15.9 Å². The number of rotatable bonds is 10. The van der Waals surface area contributed by atoms with Gasteiger partial charge in [-0.1, -0.05) is 22.9 Å². The first-order valence-corrected chi connectivity index (χ1v) is 10.4. The molecule has 0 heterocycles. The van der Waals surface area contributed by atoms with Gasteiger partial charge in [-0.15, -0.1) is 0 Å². The highest BCUT2D eigenvalue weighted by Gasteiger charge is 2.12. The molecular weight excluding hydrogens is 468 g/mol. The summed E-state index contributed by atoms with van der Waals surface area (Å²) in [5, 5.41) is 5.22. The minimum Gasteiger partial charge on any atom is -0.462 e. The van der Waals surface area contributed by atoms with Gasteiger partial charge < -0.3 is 20.1 Å². The quantitative estimate of drug-likeness (QED) is 0.488. The average molecular weight is 491 g/mol. The van der Waals surface area contributed by atoms with Crippen molar-refractivity contribution in [3.05, 3.63) is 58.6 Å². The third kappa shape index (κ3) is 9.00. The highest BCUT2D eigenvalue weighted by atomic mass is 79.9. The normalized spacial score (nSPS) is 10.1. The van der Waals surface area contributed by atoms with Crippen molar-refractivity contribution < 1.29 is 28.7 Å². The topological polar surface area (TPSA) is 111 Å². The van der Waals surface area contributed by atoms with E-state index >= 15 is 0 Å². The summed E-state index contributed by atoms with van der Waals surface area (Å²) < 4.78 is 10.8. The average Bonchev–Trinajstić information content (AvgIpc) is 2.76. The minimum absolute atomic E-state index is 0.0634. The van der Waals surface area contributed by atoms with Gasteiger partial charge in [0.05, 0.1) is 18.6 Å². The van der Waals surface area contributed by atoms with Crippen LogP contribution in [0.25, 0.3) is 0 Å². The molecule has 0 fully saturated rings. The second kappa shape index (κ2) is 12.5. The largest absolute Gasteiger partial charge is 0.462 e. The van der Waals surface area contributed by atoms with E-state index in [2.05, 4.69) is 26.6 Å². The van der Waals surface area contributed by atoms with E-state index in [-0.39, 0.29) is 18.7 Å². The van der Waals surface area contributed by atoms with Crippen LogP contribution in [0.3, 0.4) is 0 Å². The summed E-state index contributed by atoms with van der Waals surface area (Å²) in [7, 11) is 0. The molecule has 0 aliphatic heterocycles. The summed E-state index contributed by atoms with van der Waals surface area (Å²) in [5.41, 5.74) is 1.44. The van der Waals surface area contributed by atoms with Gasteiger partial charge >= 0.3 is 11.9 Å². The van der Waals surface area contributed by atoms with Crippen LogP contribution in [0.1, 0.15) is 36.5 Å². The zero-order chi connectivity index (χ0) is 22.6. The van der Waals surface area contributed by atoms with Crippen molar-refractivity contribution >= 4 is 51.1 Å². The smallest absolute Gasteiger partial charge is 0.338 e. The summed E-state index contributed by atoms with van der Waals surface area (Å²) in [6, 6.07) is 13.2. The Kier molecular flexibility index (Phi) is 9.70. The number of esters is 2. The van der Waals surface area contributed by atoms with E-state index in [0.29, 0.717) is 23.5 Å². The van der Waals surface area contributed by atoms with Gasteiger partial charge in [0.15, 0.2) is 6.61 Å². The van der Waals surface area contributed by atoms with Gasteiger partial charge in [-0.3, -0.25) is 14.4 Å². The molecule has 2 rings (SSSR count). The Hall–Kier alpha value is -3.20. The van der Waals surface area contributed by atoms with E-state index in [4.69, 9.17) is 9.47 Å². The zero-order valence-electron chi connectivity index (χ0n) is 17.0. The van der Waals surface area contributed by atoms with Crippen LogP contribution in [0.2, 0.25) is 0 Å². The van der Waals surface area contributed by atoms with Crippen molar-refractivity contribution in [3.63, 3.8) is 0 Å². The molecule has 2 N–H and O–H groups in total. The van der Waals surface area contributed by atoms with Gasteiger partial charge in [-0.05, 0) is 55.0 Å². The standard InChI is InChI=1S/C22H23BrN2O6/c1-2-13-30-22(29)15-3-7-17(8-4-15)25-20(27)14-31-21(28)12-11-19(26)24-18-9-5-16(23)6-10-18/h3-10H,2,11-14H2,1H3,(H,24,26)(H,25,27). The van der Waals surface area contributed by atoms with E-state index in [1.807, 2.05) is 6.92 Å². The van der Waals surface area contributed by atoms with Crippen LogP contribution in [0.15, 0.2) is 53.0 Å². The van der Waals surface area contributed by atoms with Gasteiger partial charge in [0.1, 0.15) is 0 Å². The number of hydrogen-bond acceptors (Lipinski definition) is 6. The Balaban J connectivity index is 1.68. The summed E-state index contributed by atoms with van der Waals surface area (Å²) in [6.07, 6.45) is 0.519. The molecule has 0 aromatic heterocycles. The maximum Gasteiger partial charge on any atom is 0.338 e. The third-order valence-electron chi connectivity index (χ3n) is 3.89. The first-order valence-electron chi connectivity index (χ1n) is 9.65. The lowest BCUT2D eigenvalue weighted by Crippen LogP contribution is -2.21. The maximum absolute atomic E-state index is 11.9. The third-order valence-corrected chi connectivity index (χ3v) is 4.42. The molecule has 2 amide bonds. The van der Waals surface area contributed by atoms with Crippen molar-refractivity contribution in [2.75, 3.05) is 23.8 Å². The Labute approximate surface area is 188 Å². The summed E-state index contributed by atoms with van der Waals surface area (Å²) >= 11 is 3.30. The minimum atomic E-state index is -0.657. The number of benzene rings is 2. The molecule has 0 aliphatic rings. The number of anilines is 2. The number of amides is 2. The summed E-state index contributed by atoms with van der Waals surface area (Å²) in [6.45, 7) is 1.76. The van der Waals surface area contributed by atoms with Gasteiger partial charge in [0.25, 0.3) is 5.91 Å². The fourth-order valence-corrected chi connectivity index (χ4v) is 2.62. The van der Waals surface area contributed by atoms with Crippen LogP contribution in [-0.2, 0) is 23.9 Å². The molecule has 2 aromatic carbocycles. The summed E-state index contributed by atoms with van der Waals surface area (Å²) in [4.78, 5) is 47.3. The van der Waals surface area contributed by atoms with Crippen molar-refractivity contribution in [3.8, 4) is 0 Å². The lowest BCUT2D eigenvalue weighted by Gasteiger charge is -2.08. The first kappa shape index (κ1) is 24.1. The van der Waals surface area contributed by atoms with Crippen molar-refractivity contribution in [2.45, 2.75) is 26.2 Å². The Morgan fingerprint density at radius 1 is 0.806 bits per heavy atom. The van der Waals surface area contributed by atoms with Crippen LogP contribution < -0.4 is 10.6 Å². The number of hydrogen-bond donors (Lipinski definition) is 2. The second-order valence-electron chi connectivity index (χ2n) is 6.48. The Morgan fingerprint density at radius 2 is 1.39 bits per heavy atom. The molecule has 0 radical (unpaired) electrons.